The zero-order chi connectivity index (χ0) is 11.6. The molecular formula is C11H16ClNO2. The third-order valence-corrected chi connectivity index (χ3v) is 2.58. The molecule has 0 aliphatic carbocycles. The predicted molar refractivity (Wildman–Crippen MR) is 61.9 cm³/mol. The van der Waals surface area contributed by atoms with Crippen LogP contribution in [0.1, 0.15) is 24.1 Å². The van der Waals surface area contributed by atoms with Crippen LogP contribution in [0.4, 0.5) is 0 Å². The van der Waals surface area contributed by atoms with Gasteiger partial charge in [-0.1, -0.05) is 11.6 Å². The molecule has 0 bridgehead atoms. The van der Waals surface area contributed by atoms with Crippen LogP contribution < -0.4 is 15.2 Å². The van der Waals surface area contributed by atoms with Gasteiger partial charge < -0.3 is 15.2 Å². The maximum absolute atomic E-state index is 6.04. The van der Waals surface area contributed by atoms with Gasteiger partial charge >= 0.3 is 0 Å². The summed E-state index contributed by atoms with van der Waals surface area (Å²) in [6.07, 6.45) is 0. The lowest BCUT2D eigenvalue weighted by Crippen LogP contribution is -2.10. The fraction of sp³-hybridized carbons (Fsp3) is 0.455. The van der Waals surface area contributed by atoms with Crippen molar-refractivity contribution in [1.82, 2.24) is 0 Å². The highest BCUT2D eigenvalue weighted by Gasteiger charge is 2.19. The lowest BCUT2D eigenvalue weighted by molar-refractivity contribution is 0.350. The molecule has 0 aliphatic rings. The molecule has 4 heteroatoms. The van der Waals surface area contributed by atoms with Crippen LogP contribution in [0.2, 0.25) is 5.02 Å². The fourth-order valence-electron chi connectivity index (χ4n) is 1.70. The molecule has 0 fully saturated rings. The summed E-state index contributed by atoms with van der Waals surface area (Å²) in [6.45, 7) is 3.85. The van der Waals surface area contributed by atoms with Crippen LogP contribution in [-0.2, 0) is 0 Å². The summed E-state index contributed by atoms with van der Waals surface area (Å²) in [6, 6.07) is 1.72. The second-order valence-electron chi connectivity index (χ2n) is 3.44. The molecule has 1 atom stereocenters. The number of halogens is 1. The third-order valence-electron chi connectivity index (χ3n) is 2.30. The molecule has 1 aromatic carbocycles. The van der Waals surface area contributed by atoms with Gasteiger partial charge in [0, 0.05) is 11.6 Å². The number of nitrogens with two attached hydrogens (primary N) is 1. The summed E-state index contributed by atoms with van der Waals surface area (Å²) < 4.78 is 10.5. The Kier molecular flexibility index (Phi) is 3.83. The Hall–Kier alpha value is -0.930. The van der Waals surface area contributed by atoms with Gasteiger partial charge in [0.15, 0.2) is 11.5 Å². The summed E-state index contributed by atoms with van der Waals surface area (Å²) in [5.41, 5.74) is 7.82. The van der Waals surface area contributed by atoms with Gasteiger partial charge in [0.25, 0.3) is 0 Å². The van der Waals surface area contributed by atoms with Gasteiger partial charge in [-0.25, -0.2) is 0 Å². The van der Waals surface area contributed by atoms with Crippen molar-refractivity contribution in [2.45, 2.75) is 19.9 Å². The van der Waals surface area contributed by atoms with Gasteiger partial charge in [0.1, 0.15) is 0 Å². The van der Waals surface area contributed by atoms with E-state index in [9.17, 15) is 0 Å². The van der Waals surface area contributed by atoms with Gasteiger partial charge in [-0.15, -0.1) is 0 Å². The van der Waals surface area contributed by atoms with Crippen LogP contribution in [0, 0.1) is 6.92 Å². The van der Waals surface area contributed by atoms with E-state index in [2.05, 4.69) is 0 Å². The highest BCUT2D eigenvalue weighted by Crippen LogP contribution is 2.41. The van der Waals surface area contributed by atoms with Crippen LogP contribution in [0.15, 0.2) is 6.07 Å². The van der Waals surface area contributed by atoms with E-state index in [4.69, 9.17) is 26.8 Å². The van der Waals surface area contributed by atoms with Crippen molar-refractivity contribution >= 4 is 11.6 Å². The summed E-state index contributed by atoms with van der Waals surface area (Å²) in [7, 11) is 3.14. The average molecular weight is 230 g/mol. The molecule has 0 spiro atoms. The van der Waals surface area contributed by atoms with Crippen molar-refractivity contribution in [3.63, 3.8) is 0 Å². The number of aryl methyl sites for hydroxylation is 1. The molecule has 1 aromatic rings. The van der Waals surface area contributed by atoms with E-state index < -0.39 is 0 Å². The van der Waals surface area contributed by atoms with Gasteiger partial charge in [0.2, 0.25) is 0 Å². The van der Waals surface area contributed by atoms with Gasteiger partial charge in [-0.2, -0.15) is 0 Å². The Bertz CT molecular complexity index is 364. The van der Waals surface area contributed by atoms with Crippen LogP contribution in [0.5, 0.6) is 11.5 Å². The number of rotatable bonds is 3. The molecule has 2 N–H and O–H groups in total. The van der Waals surface area contributed by atoms with Crippen LogP contribution in [0.3, 0.4) is 0 Å². The molecule has 0 saturated carbocycles. The first-order valence-corrected chi connectivity index (χ1v) is 5.07. The van der Waals surface area contributed by atoms with E-state index in [1.807, 2.05) is 19.9 Å². The quantitative estimate of drug-likeness (QED) is 0.867. The summed E-state index contributed by atoms with van der Waals surface area (Å²) in [4.78, 5) is 0. The minimum Gasteiger partial charge on any atom is -0.492 e. The molecule has 84 valence electrons. The van der Waals surface area contributed by atoms with Crippen LogP contribution in [-0.4, -0.2) is 14.2 Å². The number of hydrogen-bond acceptors (Lipinski definition) is 3. The smallest absolute Gasteiger partial charge is 0.179 e. The second kappa shape index (κ2) is 4.73. The van der Waals surface area contributed by atoms with E-state index in [1.165, 1.54) is 0 Å². The number of ether oxygens (including phenoxy) is 2. The summed E-state index contributed by atoms with van der Waals surface area (Å²) in [5, 5.41) is 0.538. The van der Waals surface area contributed by atoms with Gasteiger partial charge in [-0.3, -0.25) is 0 Å². The Morgan fingerprint density at radius 1 is 1.27 bits per heavy atom. The van der Waals surface area contributed by atoms with Crippen LogP contribution in [0.25, 0.3) is 0 Å². The summed E-state index contributed by atoms with van der Waals surface area (Å²) >= 11 is 6.04. The first-order valence-electron chi connectivity index (χ1n) is 4.69. The third kappa shape index (κ3) is 2.19. The molecule has 0 amide bonds. The average Bonchev–Trinajstić information content (AvgIpc) is 2.15. The van der Waals surface area contributed by atoms with E-state index in [0.717, 1.165) is 11.1 Å². The number of hydrogen-bond donors (Lipinski definition) is 1. The SMILES string of the molecule is COc1c(Cl)cc(C)c(C(C)N)c1OC. The zero-order valence-electron chi connectivity index (χ0n) is 9.43. The molecule has 1 unspecified atom stereocenters. The normalized spacial score (nSPS) is 12.4. The molecule has 0 aliphatic heterocycles. The van der Waals surface area contributed by atoms with Crippen molar-refractivity contribution in [2.75, 3.05) is 14.2 Å². The highest BCUT2D eigenvalue weighted by atomic mass is 35.5. The molecule has 15 heavy (non-hydrogen) atoms. The molecular weight excluding hydrogens is 214 g/mol. The lowest BCUT2D eigenvalue weighted by atomic mass is 10.0. The standard InChI is InChI=1S/C11H16ClNO2/c1-6-5-8(12)10(14-3)11(15-4)9(6)7(2)13/h5,7H,13H2,1-4H3. The topological polar surface area (TPSA) is 44.5 Å². The molecule has 0 saturated heterocycles. The minimum absolute atomic E-state index is 0.119. The molecule has 3 nitrogen and oxygen atoms in total. The minimum atomic E-state index is -0.119. The van der Waals surface area contributed by atoms with Crippen molar-refractivity contribution in [2.24, 2.45) is 5.73 Å². The maximum atomic E-state index is 6.04. The number of benzene rings is 1. The Morgan fingerprint density at radius 3 is 2.20 bits per heavy atom. The van der Waals surface area contributed by atoms with Gasteiger partial charge in [0.05, 0.1) is 19.2 Å². The molecule has 0 radical (unpaired) electrons. The largest absolute Gasteiger partial charge is 0.492 e. The van der Waals surface area contributed by atoms with E-state index >= 15 is 0 Å². The second-order valence-corrected chi connectivity index (χ2v) is 3.85. The van der Waals surface area contributed by atoms with Gasteiger partial charge in [-0.05, 0) is 25.5 Å². The first kappa shape index (κ1) is 12.1. The van der Waals surface area contributed by atoms with E-state index in [0.29, 0.717) is 16.5 Å². The molecule has 0 aromatic heterocycles. The Balaban J connectivity index is 3.49. The molecule has 1 rings (SSSR count). The maximum Gasteiger partial charge on any atom is 0.179 e. The zero-order valence-corrected chi connectivity index (χ0v) is 10.2. The van der Waals surface area contributed by atoms with Crippen molar-refractivity contribution in [1.29, 1.82) is 0 Å². The Morgan fingerprint density at radius 2 is 1.80 bits per heavy atom. The van der Waals surface area contributed by atoms with Crippen LogP contribution >= 0.6 is 11.6 Å². The number of methoxy groups -OCH3 is 2. The van der Waals surface area contributed by atoms with Crippen molar-refractivity contribution in [3.05, 3.63) is 22.2 Å². The highest BCUT2D eigenvalue weighted by molar-refractivity contribution is 6.32. The predicted octanol–water partition coefficient (Wildman–Crippen LogP) is 2.69. The van der Waals surface area contributed by atoms with E-state index in [1.54, 1.807) is 14.2 Å². The lowest BCUT2D eigenvalue weighted by Gasteiger charge is -2.18. The summed E-state index contributed by atoms with van der Waals surface area (Å²) in [5.74, 6) is 1.16. The monoisotopic (exact) mass is 229 g/mol. The first-order chi connectivity index (χ1) is 7.02. The van der Waals surface area contributed by atoms with Crippen molar-refractivity contribution in [3.8, 4) is 11.5 Å². The van der Waals surface area contributed by atoms with E-state index in [-0.39, 0.29) is 6.04 Å². The molecule has 0 heterocycles. The Labute approximate surface area is 95.1 Å². The fourth-order valence-corrected chi connectivity index (χ4v) is 2.03. The van der Waals surface area contributed by atoms with Crippen molar-refractivity contribution < 1.29 is 9.47 Å².